The SMILES string of the molecule is C[C@H]1CN(C[C@H](Cc2ccccc2)C(=O)NCC(=O)O)CC[C@@]1(C)c1cccc(O)c1.O.O.O. The smallest absolute Gasteiger partial charge is 0.322 e. The summed E-state index contributed by atoms with van der Waals surface area (Å²) in [5.74, 6) is -0.964. The van der Waals surface area contributed by atoms with Gasteiger partial charge in [0.1, 0.15) is 12.3 Å². The van der Waals surface area contributed by atoms with Crippen molar-refractivity contribution in [2.75, 3.05) is 26.2 Å². The number of nitrogens with one attached hydrogen (secondary N) is 1. The summed E-state index contributed by atoms with van der Waals surface area (Å²) in [6, 6.07) is 17.3. The van der Waals surface area contributed by atoms with Crippen LogP contribution in [-0.4, -0.2) is 69.6 Å². The Morgan fingerprint density at radius 3 is 2.38 bits per heavy atom. The number of amides is 1. The molecule has 1 fully saturated rings. The van der Waals surface area contributed by atoms with E-state index in [0.29, 0.717) is 18.9 Å². The number of carboxylic acids is 1. The van der Waals surface area contributed by atoms with Crippen LogP contribution in [0.3, 0.4) is 0 Å². The van der Waals surface area contributed by atoms with E-state index in [-0.39, 0.29) is 46.0 Å². The van der Waals surface area contributed by atoms with E-state index >= 15 is 0 Å². The highest BCUT2D eigenvalue weighted by atomic mass is 16.4. The molecule has 0 aromatic heterocycles. The molecule has 1 amide bonds. The second kappa shape index (κ2) is 13.7. The lowest BCUT2D eigenvalue weighted by molar-refractivity contribution is -0.138. The summed E-state index contributed by atoms with van der Waals surface area (Å²) in [4.78, 5) is 26.0. The van der Waals surface area contributed by atoms with Gasteiger partial charge in [-0.15, -0.1) is 0 Å². The van der Waals surface area contributed by atoms with Crippen LogP contribution in [0, 0.1) is 11.8 Å². The first-order valence-corrected chi connectivity index (χ1v) is 10.8. The molecular formula is C25H38N2O7. The molecular weight excluding hydrogens is 440 g/mol. The maximum absolute atomic E-state index is 12.8. The largest absolute Gasteiger partial charge is 0.508 e. The van der Waals surface area contributed by atoms with E-state index in [2.05, 4.69) is 30.1 Å². The number of nitrogens with zero attached hydrogens (tertiary/aromatic N) is 1. The molecule has 0 spiro atoms. The fraction of sp³-hybridized carbons (Fsp3) is 0.440. The predicted octanol–water partition coefficient (Wildman–Crippen LogP) is 0.577. The van der Waals surface area contributed by atoms with Crippen molar-refractivity contribution in [1.82, 2.24) is 10.2 Å². The van der Waals surface area contributed by atoms with Crippen molar-refractivity contribution >= 4 is 11.9 Å². The molecule has 190 valence electrons. The Balaban J connectivity index is 0.00000363. The number of carboxylic acid groups (broad SMARTS) is 1. The van der Waals surface area contributed by atoms with Gasteiger partial charge in [0.15, 0.2) is 0 Å². The van der Waals surface area contributed by atoms with Gasteiger partial charge in [-0.25, -0.2) is 0 Å². The third-order valence-electron chi connectivity index (χ3n) is 6.66. The van der Waals surface area contributed by atoms with Gasteiger partial charge < -0.3 is 36.9 Å². The summed E-state index contributed by atoms with van der Waals surface area (Å²) in [5.41, 5.74) is 2.16. The van der Waals surface area contributed by atoms with E-state index in [1.54, 1.807) is 6.07 Å². The maximum Gasteiger partial charge on any atom is 0.322 e. The number of rotatable bonds is 8. The summed E-state index contributed by atoms with van der Waals surface area (Å²) in [7, 11) is 0. The minimum Gasteiger partial charge on any atom is -0.508 e. The molecule has 1 aliphatic rings. The normalized spacial score (nSPS) is 20.6. The summed E-state index contributed by atoms with van der Waals surface area (Å²) in [6.07, 6.45) is 1.49. The number of hydrogen-bond acceptors (Lipinski definition) is 4. The topological polar surface area (TPSA) is 184 Å². The van der Waals surface area contributed by atoms with E-state index in [4.69, 9.17) is 5.11 Å². The Labute approximate surface area is 200 Å². The molecule has 0 unspecified atom stereocenters. The fourth-order valence-electron chi connectivity index (χ4n) is 4.53. The minimum absolute atomic E-state index is 0. The molecule has 1 aliphatic heterocycles. The number of piperidine rings is 1. The van der Waals surface area contributed by atoms with Crippen molar-refractivity contribution < 1.29 is 36.2 Å². The zero-order valence-electron chi connectivity index (χ0n) is 19.8. The molecule has 9 N–H and O–H groups in total. The Bertz CT molecular complexity index is 909. The van der Waals surface area contributed by atoms with Crippen LogP contribution in [0.4, 0.5) is 0 Å². The number of carbonyl (C=O) groups is 2. The van der Waals surface area contributed by atoms with Crippen molar-refractivity contribution in [3.05, 3.63) is 65.7 Å². The number of likely N-dealkylation sites (tertiary alicyclic amines) is 1. The van der Waals surface area contributed by atoms with Crippen molar-refractivity contribution in [3.8, 4) is 5.75 Å². The van der Waals surface area contributed by atoms with Crippen LogP contribution in [0.5, 0.6) is 5.75 Å². The first-order valence-electron chi connectivity index (χ1n) is 10.8. The van der Waals surface area contributed by atoms with E-state index in [9.17, 15) is 14.7 Å². The summed E-state index contributed by atoms with van der Waals surface area (Å²) >= 11 is 0. The van der Waals surface area contributed by atoms with Crippen LogP contribution >= 0.6 is 0 Å². The van der Waals surface area contributed by atoms with Gasteiger partial charge in [0, 0.05) is 13.1 Å². The molecule has 1 saturated heterocycles. The standard InChI is InChI=1S/C25H32N2O4.3H2O/c1-18-16-27(12-11-25(18,2)21-9-6-10-22(28)14-21)17-20(24(31)26-15-23(29)30)13-19-7-4-3-5-8-19;;;/h3-10,14,18,20,28H,11-13,15-17H2,1-2H3,(H,26,31)(H,29,30);3*1H2/t18-,20-,25+;;;/m0.../s1. The van der Waals surface area contributed by atoms with E-state index in [0.717, 1.165) is 30.6 Å². The molecule has 3 atom stereocenters. The minimum atomic E-state index is -1.04. The quantitative estimate of drug-likeness (QED) is 0.500. The molecule has 3 rings (SSSR count). The lowest BCUT2D eigenvalue weighted by Gasteiger charge is -2.45. The van der Waals surface area contributed by atoms with Crippen LogP contribution in [0.15, 0.2) is 54.6 Å². The fourth-order valence-corrected chi connectivity index (χ4v) is 4.53. The van der Waals surface area contributed by atoms with Crippen LogP contribution < -0.4 is 5.32 Å². The van der Waals surface area contributed by atoms with E-state index in [1.807, 2.05) is 42.5 Å². The van der Waals surface area contributed by atoms with Gasteiger partial charge >= 0.3 is 5.97 Å². The molecule has 2 aromatic rings. The summed E-state index contributed by atoms with van der Waals surface area (Å²) in [6.45, 7) is 6.35. The monoisotopic (exact) mass is 478 g/mol. The Morgan fingerprint density at radius 2 is 1.79 bits per heavy atom. The van der Waals surface area contributed by atoms with Gasteiger partial charge in [0.25, 0.3) is 0 Å². The Morgan fingerprint density at radius 1 is 1.12 bits per heavy atom. The molecule has 9 heteroatoms. The first-order chi connectivity index (χ1) is 14.8. The average Bonchev–Trinajstić information content (AvgIpc) is 2.75. The highest BCUT2D eigenvalue weighted by Crippen LogP contribution is 2.40. The third kappa shape index (κ3) is 7.81. The highest BCUT2D eigenvalue weighted by molar-refractivity contribution is 5.83. The Kier molecular flexibility index (Phi) is 12.5. The second-order valence-electron chi connectivity index (χ2n) is 8.88. The maximum atomic E-state index is 12.8. The molecule has 0 bridgehead atoms. The van der Waals surface area contributed by atoms with Gasteiger partial charge in [-0.1, -0.05) is 56.3 Å². The summed E-state index contributed by atoms with van der Waals surface area (Å²) < 4.78 is 0. The number of carbonyl (C=O) groups excluding carboxylic acids is 1. The lowest BCUT2D eigenvalue weighted by atomic mass is 9.68. The van der Waals surface area contributed by atoms with Crippen LogP contribution in [0.1, 0.15) is 31.4 Å². The molecule has 2 aromatic carbocycles. The lowest BCUT2D eigenvalue weighted by Crippen LogP contribution is -2.50. The first kappa shape index (κ1) is 31.0. The zero-order valence-corrected chi connectivity index (χ0v) is 19.8. The van der Waals surface area contributed by atoms with Crippen LogP contribution in [0.25, 0.3) is 0 Å². The highest BCUT2D eigenvalue weighted by Gasteiger charge is 2.39. The van der Waals surface area contributed by atoms with Gasteiger partial charge in [0.2, 0.25) is 5.91 Å². The van der Waals surface area contributed by atoms with Crippen LogP contribution in [-0.2, 0) is 21.4 Å². The molecule has 0 aliphatic carbocycles. The third-order valence-corrected chi connectivity index (χ3v) is 6.66. The predicted molar refractivity (Wildman–Crippen MR) is 131 cm³/mol. The number of phenols is 1. The number of phenolic OH excluding ortho intramolecular Hbond substituents is 1. The van der Waals surface area contributed by atoms with Crippen LogP contribution in [0.2, 0.25) is 0 Å². The molecule has 0 radical (unpaired) electrons. The van der Waals surface area contributed by atoms with Crippen molar-refractivity contribution in [3.63, 3.8) is 0 Å². The number of benzene rings is 2. The molecule has 9 nitrogen and oxygen atoms in total. The van der Waals surface area contributed by atoms with E-state index < -0.39 is 5.97 Å². The van der Waals surface area contributed by atoms with Crippen molar-refractivity contribution in [2.45, 2.75) is 32.1 Å². The molecule has 34 heavy (non-hydrogen) atoms. The van der Waals surface area contributed by atoms with Gasteiger partial charge in [0.05, 0.1) is 5.92 Å². The zero-order chi connectivity index (χ0) is 22.4. The van der Waals surface area contributed by atoms with Crippen molar-refractivity contribution in [1.29, 1.82) is 0 Å². The Hall–Kier alpha value is -2.98. The van der Waals surface area contributed by atoms with Gasteiger partial charge in [-0.2, -0.15) is 0 Å². The molecule has 0 saturated carbocycles. The number of aromatic hydroxyl groups is 1. The van der Waals surface area contributed by atoms with Crippen molar-refractivity contribution in [2.24, 2.45) is 11.8 Å². The second-order valence-corrected chi connectivity index (χ2v) is 8.88. The van der Waals surface area contributed by atoms with E-state index in [1.165, 1.54) is 0 Å². The van der Waals surface area contributed by atoms with Gasteiger partial charge in [-0.05, 0) is 54.0 Å². The summed E-state index contributed by atoms with van der Waals surface area (Å²) in [5, 5.41) is 21.4. The number of hydrogen-bond donors (Lipinski definition) is 3. The average molecular weight is 479 g/mol. The van der Waals surface area contributed by atoms with Gasteiger partial charge in [-0.3, -0.25) is 9.59 Å². The molecule has 1 heterocycles. The number of aliphatic carboxylic acids is 1.